The summed E-state index contributed by atoms with van der Waals surface area (Å²) in [5.74, 6) is 0.258. The van der Waals surface area contributed by atoms with E-state index in [1.165, 1.54) is 16.2 Å². The van der Waals surface area contributed by atoms with Crippen LogP contribution in [0.5, 0.6) is 0 Å². The number of pyridine rings is 1. The molecule has 0 aliphatic heterocycles. The lowest BCUT2D eigenvalue weighted by molar-refractivity contribution is -0.129. The van der Waals surface area contributed by atoms with Gasteiger partial charge in [-0.3, -0.25) is 14.6 Å². The Balaban J connectivity index is 1.55. The van der Waals surface area contributed by atoms with Crippen LogP contribution in [0.4, 0.5) is 0 Å². The summed E-state index contributed by atoms with van der Waals surface area (Å²) in [6.07, 6.45) is 0.0405. The van der Waals surface area contributed by atoms with Gasteiger partial charge in [-0.05, 0) is 38.1 Å². The lowest BCUT2D eigenvalue weighted by Gasteiger charge is -2.16. The molecule has 0 aliphatic carbocycles. The van der Waals surface area contributed by atoms with Gasteiger partial charge in [0.1, 0.15) is 10.7 Å². The molecule has 0 bridgehead atoms. The van der Waals surface area contributed by atoms with E-state index in [-0.39, 0.29) is 17.9 Å². The van der Waals surface area contributed by atoms with E-state index in [4.69, 9.17) is 0 Å². The highest BCUT2D eigenvalue weighted by atomic mass is 32.1. The molecule has 4 rings (SSSR count). The monoisotopic (exact) mass is 424 g/mol. The van der Waals surface area contributed by atoms with Crippen LogP contribution in [0.15, 0.2) is 40.5 Å². The number of carbonyl (C=O) groups excluding carboxylic acids is 1. The van der Waals surface area contributed by atoms with Crippen molar-refractivity contribution in [3.8, 4) is 10.4 Å². The van der Waals surface area contributed by atoms with Crippen molar-refractivity contribution in [1.29, 1.82) is 0 Å². The summed E-state index contributed by atoms with van der Waals surface area (Å²) in [6.45, 7) is 4.37. The zero-order valence-electron chi connectivity index (χ0n) is 16.4. The smallest absolute Gasteiger partial charge is 0.260 e. The third kappa shape index (κ3) is 4.13. The maximum atomic E-state index is 12.7. The summed E-state index contributed by atoms with van der Waals surface area (Å²) in [6, 6.07) is 9.79. The fourth-order valence-electron chi connectivity index (χ4n) is 3.13. The molecule has 0 atom stereocenters. The number of carbonyl (C=O) groups is 1. The largest absolute Gasteiger partial charge is 0.339 e. The first-order chi connectivity index (χ1) is 13.9. The molecule has 0 fully saturated rings. The summed E-state index contributed by atoms with van der Waals surface area (Å²) in [5, 5.41) is 2.55. The molecule has 29 heavy (non-hydrogen) atoms. The first kappa shape index (κ1) is 19.5. The number of hydrogen-bond donors (Lipinski definition) is 1. The maximum Gasteiger partial charge on any atom is 0.260 e. The minimum atomic E-state index is -0.205. The number of amides is 1. The number of fused-ring (bicyclic) bond motifs is 1. The second-order valence-electron chi connectivity index (χ2n) is 6.95. The predicted molar refractivity (Wildman–Crippen MR) is 117 cm³/mol. The van der Waals surface area contributed by atoms with Crippen molar-refractivity contribution in [2.75, 3.05) is 7.05 Å². The Kier molecular flexibility index (Phi) is 5.29. The van der Waals surface area contributed by atoms with Gasteiger partial charge in [-0.1, -0.05) is 6.07 Å². The van der Waals surface area contributed by atoms with Crippen LogP contribution in [0.1, 0.15) is 22.1 Å². The van der Waals surface area contributed by atoms with Crippen LogP contribution < -0.4 is 5.56 Å². The minimum absolute atomic E-state index is 0.0405. The van der Waals surface area contributed by atoms with Crippen molar-refractivity contribution in [3.63, 3.8) is 0 Å². The number of hydrogen-bond acceptors (Lipinski definition) is 6. The van der Waals surface area contributed by atoms with Gasteiger partial charge in [0.15, 0.2) is 0 Å². The number of rotatable bonds is 5. The number of aryl methyl sites for hydroxylation is 2. The first-order valence-corrected chi connectivity index (χ1v) is 10.8. The number of aromatic nitrogens is 3. The molecular formula is C21H20N4O2S2. The molecule has 0 aliphatic rings. The highest BCUT2D eigenvalue weighted by Crippen LogP contribution is 2.34. The van der Waals surface area contributed by atoms with Gasteiger partial charge in [0.05, 0.1) is 24.0 Å². The Labute approximate surface area is 175 Å². The van der Waals surface area contributed by atoms with Gasteiger partial charge >= 0.3 is 0 Å². The lowest BCUT2D eigenvalue weighted by atomic mass is 10.2. The summed E-state index contributed by atoms with van der Waals surface area (Å²) in [4.78, 5) is 41.6. The van der Waals surface area contributed by atoms with E-state index in [1.54, 1.807) is 23.3 Å². The van der Waals surface area contributed by atoms with E-state index in [2.05, 4.69) is 15.0 Å². The zero-order valence-corrected chi connectivity index (χ0v) is 18.0. The third-order valence-electron chi connectivity index (χ3n) is 4.59. The van der Waals surface area contributed by atoms with E-state index in [1.807, 2.05) is 49.6 Å². The van der Waals surface area contributed by atoms with E-state index < -0.39 is 0 Å². The van der Waals surface area contributed by atoms with Gasteiger partial charge in [0, 0.05) is 33.4 Å². The summed E-state index contributed by atoms with van der Waals surface area (Å²) in [7, 11) is 1.73. The van der Waals surface area contributed by atoms with Gasteiger partial charge in [0.2, 0.25) is 5.91 Å². The zero-order chi connectivity index (χ0) is 20.5. The van der Waals surface area contributed by atoms with Crippen molar-refractivity contribution in [2.45, 2.75) is 26.8 Å². The fraction of sp³-hybridized carbons (Fsp3) is 0.238. The molecule has 0 saturated heterocycles. The summed E-state index contributed by atoms with van der Waals surface area (Å²) < 4.78 is 0. The van der Waals surface area contributed by atoms with E-state index in [0.29, 0.717) is 22.6 Å². The quantitative estimate of drug-likeness (QED) is 0.527. The third-order valence-corrected chi connectivity index (χ3v) is 6.49. The van der Waals surface area contributed by atoms with E-state index >= 15 is 0 Å². The van der Waals surface area contributed by atoms with Crippen LogP contribution >= 0.6 is 22.7 Å². The highest BCUT2D eigenvalue weighted by molar-refractivity contribution is 7.19. The van der Waals surface area contributed by atoms with Crippen LogP contribution in [0, 0.1) is 13.8 Å². The van der Waals surface area contributed by atoms with E-state index in [9.17, 15) is 9.59 Å². The predicted octanol–water partition coefficient (Wildman–Crippen LogP) is 3.93. The van der Waals surface area contributed by atoms with Crippen molar-refractivity contribution in [1.82, 2.24) is 19.9 Å². The molecule has 148 valence electrons. The molecule has 6 nitrogen and oxygen atoms in total. The van der Waals surface area contributed by atoms with Gasteiger partial charge in [-0.15, -0.1) is 22.7 Å². The van der Waals surface area contributed by atoms with E-state index in [0.717, 1.165) is 21.8 Å². The van der Waals surface area contributed by atoms with Crippen molar-refractivity contribution in [2.24, 2.45) is 0 Å². The number of nitrogens with zero attached hydrogens (tertiary/aromatic N) is 3. The maximum absolute atomic E-state index is 12.7. The standard InChI is InChI=1S/C21H20N4O2S2/c1-12-5-4-6-14(22-12)10-25(3)18(26)9-17-23-20(27)19-15(11-28-21(19)24-17)16-8-7-13(2)29-16/h4-8,11H,9-10H2,1-3H3,(H,23,24,27). The molecule has 1 N–H and O–H groups in total. The molecule has 0 saturated carbocycles. The topological polar surface area (TPSA) is 79.0 Å². The Morgan fingerprint density at radius 3 is 2.72 bits per heavy atom. The van der Waals surface area contributed by atoms with Crippen LogP contribution in [0.2, 0.25) is 0 Å². The van der Waals surface area contributed by atoms with Crippen LogP contribution in [0.25, 0.3) is 20.7 Å². The molecule has 0 aromatic carbocycles. The van der Waals surface area contributed by atoms with Crippen LogP contribution in [0.3, 0.4) is 0 Å². The van der Waals surface area contributed by atoms with Gasteiger partial charge in [0.25, 0.3) is 5.56 Å². The molecule has 4 aromatic heterocycles. The second-order valence-corrected chi connectivity index (χ2v) is 9.10. The molecule has 0 unspecified atom stereocenters. The molecule has 0 radical (unpaired) electrons. The molecule has 4 aromatic rings. The number of nitrogens with one attached hydrogen (secondary N) is 1. The highest BCUT2D eigenvalue weighted by Gasteiger charge is 2.17. The Morgan fingerprint density at radius 2 is 2.00 bits per heavy atom. The normalized spacial score (nSPS) is 11.1. The molecular weight excluding hydrogens is 404 g/mol. The summed E-state index contributed by atoms with van der Waals surface area (Å²) in [5.41, 5.74) is 2.43. The SMILES string of the molecule is Cc1cccc(CN(C)C(=O)Cc2nc3scc(-c4ccc(C)s4)c3c(=O)[nH]2)n1. The fourth-order valence-corrected chi connectivity index (χ4v) is 5.06. The number of aromatic amines is 1. The average molecular weight is 425 g/mol. The summed E-state index contributed by atoms with van der Waals surface area (Å²) >= 11 is 3.08. The van der Waals surface area contributed by atoms with Gasteiger partial charge < -0.3 is 9.88 Å². The molecule has 0 spiro atoms. The first-order valence-electron chi connectivity index (χ1n) is 9.14. The van der Waals surface area contributed by atoms with Gasteiger partial charge in [-0.25, -0.2) is 4.98 Å². The van der Waals surface area contributed by atoms with Crippen molar-refractivity contribution < 1.29 is 4.79 Å². The molecule has 1 amide bonds. The number of likely N-dealkylation sites (N-methyl/N-ethyl adjacent to an activating group) is 1. The Bertz CT molecular complexity index is 1260. The molecule has 4 heterocycles. The Hall–Kier alpha value is -2.84. The second kappa shape index (κ2) is 7.88. The number of H-pyrrole nitrogens is 1. The Morgan fingerprint density at radius 1 is 1.17 bits per heavy atom. The van der Waals surface area contributed by atoms with Crippen LogP contribution in [-0.4, -0.2) is 32.8 Å². The lowest BCUT2D eigenvalue weighted by Crippen LogP contribution is -2.29. The van der Waals surface area contributed by atoms with Gasteiger partial charge in [-0.2, -0.15) is 0 Å². The van der Waals surface area contributed by atoms with Crippen molar-refractivity contribution in [3.05, 3.63) is 68.2 Å². The number of thiophene rings is 2. The van der Waals surface area contributed by atoms with Crippen molar-refractivity contribution >= 4 is 38.8 Å². The minimum Gasteiger partial charge on any atom is -0.339 e. The molecule has 8 heteroatoms. The average Bonchev–Trinajstić information content (AvgIpc) is 3.28. The van der Waals surface area contributed by atoms with Crippen LogP contribution in [-0.2, 0) is 17.8 Å².